The number of carbonyl (C=O) groups is 2. The number of hydrogen-bond acceptors (Lipinski definition) is 8. The summed E-state index contributed by atoms with van der Waals surface area (Å²) in [4.78, 5) is 47.4. The van der Waals surface area contributed by atoms with E-state index in [9.17, 15) is 24.8 Å². The van der Waals surface area contributed by atoms with Crippen molar-refractivity contribution in [3.05, 3.63) is 105 Å². The molecule has 37 heavy (non-hydrogen) atoms. The van der Waals surface area contributed by atoms with Crippen molar-refractivity contribution >= 4 is 28.4 Å². The van der Waals surface area contributed by atoms with Crippen LogP contribution in [0.5, 0.6) is 5.75 Å². The molecule has 1 aromatic heterocycles. The Balaban J connectivity index is 1.56. The number of aromatic nitrogens is 2. The summed E-state index contributed by atoms with van der Waals surface area (Å²) < 4.78 is 6.01. The van der Waals surface area contributed by atoms with Gasteiger partial charge in [-0.25, -0.2) is 4.98 Å². The molecule has 0 saturated heterocycles. The van der Waals surface area contributed by atoms with Crippen molar-refractivity contribution in [1.29, 1.82) is 0 Å². The van der Waals surface area contributed by atoms with Gasteiger partial charge in [-0.05, 0) is 29.7 Å². The molecular formula is C27H20N4O6. The molecule has 2 N–H and O–H groups in total. The van der Waals surface area contributed by atoms with Crippen LogP contribution in [-0.2, 0) is 11.3 Å². The molecule has 6 rings (SSSR count). The second-order valence-electron chi connectivity index (χ2n) is 9.39. The number of Topliss-reactive ketones (excluding diaryl/α,β-unsaturated/α-hetero) is 1. The van der Waals surface area contributed by atoms with Crippen molar-refractivity contribution in [1.82, 2.24) is 15.3 Å². The summed E-state index contributed by atoms with van der Waals surface area (Å²) in [7, 11) is 0. The van der Waals surface area contributed by atoms with Crippen LogP contribution in [0, 0.1) is 10.1 Å². The molecule has 184 valence electrons. The van der Waals surface area contributed by atoms with E-state index in [4.69, 9.17) is 4.74 Å². The van der Waals surface area contributed by atoms with Crippen LogP contribution >= 0.6 is 0 Å². The highest BCUT2D eigenvalue weighted by Gasteiger charge is 2.73. The largest absolute Gasteiger partial charge is 0.454 e. The molecule has 2 aliphatic rings. The minimum atomic E-state index is -2.43. The molecule has 1 aliphatic carbocycles. The lowest BCUT2D eigenvalue weighted by atomic mass is 9.82. The van der Waals surface area contributed by atoms with Crippen molar-refractivity contribution in [2.24, 2.45) is 0 Å². The van der Waals surface area contributed by atoms with Gasteiger partial charge in [0.1, 0.15) is 17.0 Å². The van der Waals surface area contributed by atoms with Gasteiger partial charge in [0.2, 0.25) is 11.3 Å². The maximum absolute atomic E-state index is 14.1. The molecule has 0 fully saturated rings. The molecule has 0 radical (unpaired) electrons. The van der Waals surface area contributed by atoms with Crippen molar-refractivity contribution in [2.75, 3.05) is 0 Å². The maximum atomic E-state index is 14.1. The SMILES string of the molecule is CC(C)c1ccc2c(c1)OC1(O)c3cccc([N+](=O)[O-])c3C(=O)C21NC(=O)c1cnc2ccccc2n1. The van der Waals surface area contributed by atoms with Gasteiger partial charge in [0.25, 0.3) is 17.4 Å². The van der Waals surface area contributed by atoms with E-state index in [0.717, 1.165) is 5.56 Å². The number of ether oxygens (including phenoxy) is 1. The quantitative estimate of drug-likeness (QED) is 0.321. The minimum absolute atomic E-state index is 0.0964. The predicted octanol–water partition coefficient (Wildman–Crippen LogP) is 3.72. The Kier molecular flexibility index (Phi) is 4.70. The number of hydrogen-bond donors (Lipinski definition) is 2. The molecule has 1 amide bonds. The molecule has 0 spiro atoms. The number of aliphatic hydroxyl groups is 1. The molecule has 1 aliphatic heterocycles. The molecule has 4 aromatic rings. The number of para-hydroxylation sites is 2. The van der Waals surface area contributed by atoms with Gasteiger partial charge in [0, 0.05) is 17.2 Å². The Hall–Kier alpha value is -4.70. The average molecular weight is 496 g/mol. The fourth-order valence-corrected chi connectivity index (χ4v) is 5.15. The van der Waals surface area contributed by atoms with E-state index >= 15 is 0 Å². The van der Waals surface area contributed by atoms with E-state index in [2.05, 4.69) is 15.3 Å². The highest BCUT2D eigenvalue weighted by Crippen LogP contribution is 2.59. The molecule has 10 nitrogen and oxygen atoms in total. The lowest BCUT2D eigenvalue weighted by Crippen LogP contribution is -2.60. The molecule has 10 heteroatoms. The van der Waals surface area contributed by atoms with Crippen LogP contribution in [0.15, 0.2) is 66.9 Å². The predicted molar refractivity (Wildman–Crippen MR) is 131 cm³/mol. The number of nitrogens with one attached hydrogen (secondary N) is 1. The van der Waals surface area contributed by atoms with Crippen molar-refractivity contribution < 1.29 is 24.4 Å². The van der Waals surface area contributed by atoms with E-state index in [-0.39, 0.29) is 34.1 Å². The number of carbonyl (C=O) groups excluding carboxylic acids is 2. The van der Waals surface area contributed by atoms with Crippen molar-refractivity contribution in [2.45, 2.75) is 31.1 Å². The fraction of sp³-hybridized carbons (Fsp3) is 0.185. The number of amides is 1. The topological polar surface area (TPSA) is 145 Å². The Bertz CT molecular complexity index is 1670. The van der Waals surface area contributed by atoms with Gasteiger partial charge in [-0.2, -0.15) is 0 Å². The van der Waals surface area contributed by atoms with E-state index in [1.807, 2.05) is 13.8 Å². The number of benzene rings is 3. The molecule has 2 unspecified atom stereocenters. The zero-order valence-electron chi connectivity index (χ0n) is 19.8. The fourth-order valence-electron chi connectivity index (χ4n) is 5.15. The summed E-state index contributed by atoms with van der Waals surface area (Å²) in [6.45, 7) is 3.96. The van der Waals surface area contributed by atoms with Crippen LogP contribution in [0.2, 0.25) is 0 Å². The van der Waals surface area contributed by atoms with Crippen molar-refractivity contribution in [3.63, 3.8) is 0 Å². The van der Waals surface area contributed by atoms with E-state index in [1.54, 1.807) is 42.5 Å². The van der Waals surface area contributed by atoms with Crippen LogP contribution < -0.4 is 10.1 Å². The highest BCUT2D eigenvalue weighted by atomic mass is 16.6. The first-order valence-corrected chi connectivity index (χ1v) is 11.6. The molecule has 2 heterocycles. The number of fused-ring (bicyclic) bond motifs is 6. The Labute approximate surface area is 210 Å². The van der Waals surface area contributed by atoms with Crippen LogP contribution in [0.1, 0.15) is 57.3 Å². The first-order valence-electron chi connectivity index (χ1n) is 11.6. The summed E-state index contributed by atoms with van der Waals surface area (Å²) in [6.07, 6.45) is 1.26. The lowest BCUT2D eigenvalue weighted by molar-refractivity contribution is -0.385. The average Bonchev–Trinajstić information content (AvgIpc) is 3.25. The number of rotatable bonds is 4. The van der Waals surface area contributed by atoms with E-state index in [0.29, 0.717) is 11.0 Å². The third kappa shape index (κ3) is 2.96. The smallest absolute Gasteiger partial charge is 0.280 e. The third-order valence-electron chi connectivity index (χ3n) is 7.00. The van der Waals surface area contributed by atoms with E-state index in [1.165, 1.54) is 24.4 Å². The van der Waals surface area contributed by atoms with Gasteiger partial charge in [0.05, 0.1) is 22.2 Å². The molecule has 3 aromatic carbocycles. The van der Waals surface area contributed by atoms with Gasteiger partial charge in [-0.1, -0.05) is 50.2 Å². The van der Waals surface area contributed by atoms with Gasteiger partial charge in [-0.3, -0.25) is 24.7 Å². The van der Waals surface area contributed by atoms with Gasteiger partial charge in [-0.15, -0.1) is 0 Å². The first-order chi connectivity index (χ1) is 17.7. The summed E-state index contributed by atoms with van der Waals surface area (Å²) in [5, 5.41) is 26.5. The molecule has 0 saturated carbocycles. The van der Waals surface area contributed by atoms with E-state index < -0.39 is 33.6 Å². The number of nitrogens with zero attached hydrogens (tertiary/aromatic N) is 3. The van der Waals surface area contributed by atoms with Crippen LogP contribution in [0.25, 0.3) is 11.0 Å². The van der Waals surface area contributed by atoms with Gasteiger partial charge >= 0.3 is 0 Å². The standard InChI is InChI=1S/C27H20N4O6/c1-14(2)15-10-11-16-22(12-15)37-27(34)17-6-5-9-21(31(35)36)23(17)24(32)26(16,27)30-25(33)20-13-28-18-7-3-4-8-19(18)29-20/h3-14,34H,1-2H3,(H,30,33). The molecular weight excluding hydrogens is 476 g/mol. The normalized spacial score (nSPS) is 21.4. The van der Waals surface area contributed by atoms with Gasteiger partial charge in [0.15, 0.2) is 0 Å². The molecule has 0 bridgehead atoms. The number of ketones is 1. The zero-order valence-corrected chi connectivity index (χ0v) is 19.8. The molecule has 2 atom stereocenters. The van der Waals surface area contributed by atoms with Crippen molar-refractivity contribution in [3.8, 4) is 5.75 Å². The summed E-state index contributed by atoms with van der Waals surface area (Å²) in [5.41, 5.74) is -1.08. The second kappa shape index (κ2) is 7.65. The Morgan fingerprint density at radius 3 is 2.57 bits per heavy atom. The van der Waals surface area contributed by atoms with Crippen LogP contribution in [0.4, 0.5) is 5.69 Å². The number of nitro groups is 1. The Morgan fingerprint density at radius 1 is 1.08 bits per heavy atom. The summed E-state index contributed by atoms with van der Waals surface area (Å²) in [6, 6.07) is 16.0. The number of nitro benzene ring substituents is 1. The second-order valence-corrected chi connectivity index (χ2v) is 9.39. The lowest BCUT2D eigenvalue weighted by Gasteiger charge is -2.34. The van der Waals surface area contributed by atoms with Crippen LogP contribution in [-0.4, -0.2) is 31.7 Å². The minimum Gasteiger partial charge on any atom is -0.454 e. The highest BCUT2D eigenvalue weighted by molar-refractivity contribution is 6.15. The summed E-state index contributed by atoms with van der Waals surface area (Å²) in [5.74, 6) is -3.76. The van der Waals surface area contributed by atoms with Crippen LogP contribution in [0.3, 0.4) is 0 Å². The summed E-state index contributed by atoms with van der Waals surface area (Å²) >= 11 is 0. The first kappa shape index (κ1) is 22.7. The van der Waals surface area contributed by atoms with Gasteiger partial charge < -0.3 is 15.2 Å². The zero-order chi connectivity index (χ0) is 26.1. The Morgan fingerprint density at radius 2 is 1.84 bits per heavy atom. The maximum Gasteiger partial charge on any atom is 0.280 e. The monoisotopic (exact) mass is 496 g/mol. The third-order valence-corrected chi connectivity index (χ3v) is 7.00.